The zero-order valence-corrected chi connectivity index (χ0v) is 15.0. The number of hydrogen-bond acceptors (Lipinski definition) is 4. The normalized spacial score (nSPS) is 12.4. The Labute approximate surface area is 147 Å². The van der Waals surface area contributed by atoms with Crippen molar-refractivity contribution in [1.82, 2.24) is 5.32 Å². The number of benzene rings is 2. The number of aromatic hydroxyl groups is 1. The molecule has 1 atom stereocenters. The number of anilines is 1. The molecule has 7 heteroatoms. The van der Waals surface area contributed by atoms with Crippen LogP contribution in [0.25, 0.3) is 0 Å². The van der Waals surface area contributed by atoms with E-state index in [1.807, 2.05) is 19.1 Å². The third-order valence-electron chi connectivity index (χ3n) is 3.68. The molecule has 0 bridgehead atoms. The van der Waals surface area contributed by atoms with E-state index >= 15 is 0 Å². The minimum absolute atomic E-state index is 0.141. The van der Waals surface area contributed by atoms with Crippen LogP contribution in [0.5, 0.6) is 5.75 Å². The van der Waals surface area contributed by atoms with Crippen LogP contribution in [-0.2, 0) is 21.2 Å². The highest BCUT2D eigenvalue weighted by Crippen LogP contribution is 2.20. The molecule has 0 radical (unpaired) electrons. The molecule has 0 aliphatic rings. The van der Waals surface area contributed by atoms with Crippen LogP contribution in [0.4, 0.5) is 5.69 Å². The van der Waals surface area contributed by atoms with Gasteiger partial charge in [0.2, 0.25) is 15.9 Å². The molecule has 0 aromatic heterocycles. The number of amides is 1. The predicted octanol–water partition coefficient (Wildman–Crippen LogP) is 2.57. The number of hydrogen-bond donors (Lipinski definition) is 3. The summed E-state index contributed by atoms with van der Waals surface area (Å²) in [7, 11) is -3.35. The average Bonchev–Trinajstić information content (AvgIpc) is 2.52. The molecule has 1 unspecified atom stereocenters. The summed E-state index contributed by atoms with van der Waals surface area (Å²) in [5, 5.41) is 12.6. The molecule has 6 nitrogen and oxygen atoms in total. The van der Waals surface area contributed by atoms with Crippen molar-refractivity contribution in [2.24, 2.45) is 0 Å². The van der Waals surface area contributed by atoms with E-state index in [2.05, 4.69) is 10.0 Å². The smallest absolute Gasteiger partial charge is 0.229 e. The van der Waals surface area contributed by atoms with Crippen molar-refractivity contribution in [3.05, 3.63) is 59.7 Å². The van der Waals surface area contributed by atoms with E-state index in [1.165, 1.54) is 0 Å². The van der Waals surface area contributed by atoms with E-state index in [4.69, 9.17) is 0 Å². The first-order valence-corrected chi connectivity index (χ1v) is 9.78. The fraction of sp³-hybridized carbons (Fsp3) is 0.278. The molecule has 3 N–H and O–H groups in total. The molecular formula is C18H22N2O4S. The second kappa shape index (κ2) is 8.02. The number of aryl methyl sites for hydroxylation is 1. The van der Waals surface area contributed by atoms with E-state index in [0.29, 0.717) is 12.1 Å². The Morgan fingerprint density at radius 1 is 1.16 bits per heavy atom. The minimum Gasteiger partial charge on any atom is -0.508 e. The summed E-state index contributed by atoms with van der Waals surface area (Å²) in [6.07, 6.45) is 1.79. The van der Waals surface area contributed by atoms with Crippen molar-refractivity contribution in [2.45, 2.75) is 25.8 Å². The quantitative estimate of drug-likeness (QED) is 0.705. The van der Waals surface area contributed by atoms with Crippen molar-refractivity contribution in [2.75, 3.05) is 11.0 Å². The maximum Gasteiger partial charge on any atom is 0.229 e. The number of sulfonamides is 1. The Morgan fingerprint density at radius 3 is 2.56 bits per heavy atom. The van der Waals surface area contributed by atoms with Gasteiger partial charge in [0.15, 0.2) is 0 Å². The van der Waals surface area contributed by atoms with Gasteiger partial charge in [0.1, 0.15) is 5.75 Å². The van der Waals surface area contributed by atoms with Crippen LogP contribution < -0.4 is 10.0 Å². The van der Waals surface area contributed by atoms with Crippen LogP contribution in [0.15, 0.2) is 48.5 Å². The summed E-state index contributed by atoms with van der Waals surface area (Å²) in [6.45, 7) is 1.83. The number of carbonyl (C=O) groups excluding carboxylic acids is 1. The average molecular weight is 362 g/mol. The molecule has 25 heavy (non-hydrogen) atoms. The molecule has 0 aliphatic heterocycles. The van der Waals surface area contributed by atoms with E-state index in [0.717, 1.165) is 17.4 Å². The second-order valence-corrected chi connectivity index (χ2v) is 7.67. The third kappa shape index (κ3) is 6.11. The van der Waals surface area contributed by atoms with Gasteiger partial charge in [-0.1, -0.05) is 30.3 Å². The first-order chi connectivity index (χ1) is 11.7. The maximum absolute atomic E-state index is 12.1. The van der Waals surface area contributed by atoms with Gasteiger partial charge in [-0.25, -0.2) is 8.42 Å². The van der Waals surface area contributed by atoms with Crippen molar-refractivity contribution in [3.63, 3.8) is 0 Å². The van der Waals surface area contributed by atoms with Gasteiger partial charge in [-0.05, 0) is 42.7 Å². The van der Waals surface area contributed by atoms with Crippen LogP contribution >= 0.6 is 0 Å². The van der Waals surface area contributed by atoms with E-state index < -0.39 is 10.0 Å². The molecule has 0 aliphatic carbocycles. The SMILES string of the molecule is CC(NC(=O)CCc1ccccc1O)c1cccc(NS(C)(=O)=O)c1. The van der Waals surface area contributed by atoms with Gasteiger partial charge < -0.3 is 10.4 Å². The van der Waals surface area contributed by atoms with Crippen LogP contribution in [0.1, 0.15) is 30.5 Å². The zero-order chi connectivity index (χ0) is 18.4. The van der Waals surface area contributed by atoms with Crippen LogP contribution in [-0.4, -0.2) is 25.7 Å². The van der Waals surface area contributed by atoms with Crippen LogP contribution in [0.2, 0.25) is 0 Å². The highest BCUT2D eigenvalue weighted by atomic mass is 32.2. The predicted molar refractivity (Wildman–Crippen MR) is 97.9 cm³/mol. The van der Waals surface area contributed by atoms with Gasteiger partial charge in [0, 0.05) is 12.1 Å². The van der Waals surface area contributed by atoms with Gasteiger partial charge in [0.25, 0.3) is 0 Å². The molecule has 0 saturated carbocycles. The highest BCUT2D eigenvalue weighted by Gasteiger charge is 2.12. The standard InChI is InChI=1S/C18H22N2O4S/c1-13(15-7-5-8-16(12-15)20-25(2,23)24)19-18(22)11-10-14-6-3-4-9-17(14)21/h3-9,12-13,20-21H,10-11H2,1-2H3,(H,19,22). The Hall–Kier alpha value is -2.54. The van der Waals surface area contributed by atoms with Crippen molar-refractivity contribution >= 4 is 21.6 Å². The molecule has 0 saturated heterocycles. The summed E-state index contributed by atoms with van der Waals surface area (Å²) in [6, 6.07) is 13.6. The zero-order valence-electron chi connectivity index (χ0n) is 14.2. The number of carbonyl (C=O) groups is 1. The van der Waals surface area contributed by atoms with Crippen LogP contribution in [0, 0.1) is 0 Å². The highest BCUT2D eigenvalue weighted by molar-refractivity contribution is 7.92. The number of nitrogens with one attached hydrogen (secondary N) is 2. The Kier molecular flexibility index (Phi) is 6.03. The molecule has 134 valence electrons. The number of phenols is 1. The van der Waals surface area contributed by atoms with Gasteiger partial charge >= 0.3 is 0 Å². The molecule has 1 amide bonds. The molecule has 2 aromatic rings. The van der Waals surface area contributed by atoms with Gasteiger partial charge in [0.05, 0.1) is 12.3 Å². The third-order valence-corrected chi connectivity index (χ3v) is 4.29. The van der Waals surface area contributed by atoms with E-state index in [1.54, 1.807) is 36.4 Å². The van der Waals surface area contributed by atoms with E-state index in [9.17, 15) is 18.3 Å². The molecule has 0 fully saturated rings. The summed E-state index contributed by atoms with van der Waals surface area (Å²) in [5.41, 5.74) is 1.98. The number of phenolic OH excluding ortho intramolecular Hbond substituents is 1. The molecule has 2 aromatic carbocycles. The molecule has 0 spiro atoms. The fourth-order valence-corrected chi connectivity index (χ4v) is 3.01. The lowest BCUT2D eigenvalue weighted by Gasteiger charge is -2.16. The molecule has 2 rings (SSSR count). The lowest BCUT2D eigenvalue weighted by atomic mass is 10.1. The van der Waals surface area contributed by atoms with E-state index in [-0.39, 0.29) is 24.1 Å². The largest absolute Gasteiger partial charge is 0.508 e. The maximum atomic E-state index is 12.1. The molecule has 0 heterocycles. The van der Waals surface area contributed by atoms with Gasteiger partial charge in [-0.3, -0.25) is 9.52 Å². The lowest BCUT2D eigenvalue weighted by molar-refractivity contribution is -0.121. The van der Waals surface area contributed by atoms with Crippen molar-refractivity contribution < 1.29 is 18.3 Å². The lowest BCUT2D eigenvalue weighted by Crippen LogP contribution is -2.26. The van der Waals surface area contributed by atoms with Gasteiger partial charge in [-0.15, -0.1) is 0 Å². The first-order valence-electron chi connectivity index (χ1n) is 7.88. The monoisotopic (exact) mass is 362 g/mol. The second-order valence-electron chi connectivity index (χ2n) is 5.92. The Morgan fingerprint density at radius 2 is 1.88 bits per heavy atom. The first kappa shape index (κ1) is 18.8. The summed E-state index contributed by atoms with van der Waals surface area (Å²) < 4.78 is 25.0. The Bertz CT molecular complexity index is 850. The van der Waals surface area contributed by atoms with Crippen molar-refractivity contribution in [3.8, 4) is 5.75 Å². The summed E-state index contributed by atoms with van der Waals surface area (Å²) >= 11 is 0. The fourth-order valence-electron chi connectivity index (χ4n) is 2.45. The number of para-hydroxylation sites is 1. The summed E-state index contributed by atoms with van der Waals surface area (Å²) in [4.78, 5) is 12.1. The number of rotatable bonds is 7. The minimum atomic E-state index is -3.35. The summed E-state index contributed by atoms with van der Waals surface area (Å²) in [5.74, 6) is 0.0418. The molecular weight excluding hydrogens is 340 g/mol. The van der Waals surface area contributed by atoms with Crippen LogP contribution in [0.3, 0.4) is 0 Å². The van der Waals surface area contributed by atoms with Crippen molar-refractivity contribution in [1.29, 1.82) is 0 Å². The van der Waals surface area contributed by atoms with Gasteiger partial charge in [-0.2, -0.15) is 0 Å². The topological polar surface area (TPSA) is 95.5 Å². The Balaban J connectivity index is 1.95.